The van der Waals surface area contributed by atoms with Gasteiger partial charge in [0.25, 0.3) is 16.5 Å². The molecule has 2 aromatic rings. The van der Waals surface area contributed by atoms with Crippen molar-refractivity contribution in [2.75, 3.05) is 12.1 Å². The molecule has 0 saturated heterocycles. The molecule has 0 radical (unpaired) electrons. The Morgan fingerprint density at radius 2 is 1.81 bits per heavy atom. The molecule has 0 fully saturated rings. The zero-order chi connectivity index (χ0) is 19.4. The highest BCUT2D eigenvalue weighted by molar-refractivity contribution is 8.07. The van der Waals surface area contributed by atoms with Crippen molar-refractivity contribution in [3.8, 4) is 0 Å². The summed E-state index contributed by atoms with van der Waals surface area (Å²) >= 11 is -1.84. The Morgan fingerprint density at radius 1 is 1.22 bits per heavy atom. The zero-order valence-corrected chi connectivity index (χ0v) is 15.5. The maximum atomic E-state index is 13.2. The predicted octanol–water partition coefficient (Wildman–Crippen LogP) is 1.89. The van der Waals surface area contributed by atoms with Crippen molar-refractivity contribution in [2.24, 2.45) is 10.3 Å². The minimum absolute atomic E-state index is 0.0685. The number of amides is 1. The number of hydroxylamine groups is 1. The zero-order valence-electron chi connectivity index (χ0n) is 14.7. The topological polar surface area (TPSA) is 110 Å². The van der Waals surface area contributed by atoms with Gasteiger partial charge in [-0.1, -0.05) is 41.6 Å². The molecule has 27 heavy (non-hydrogen) atoms. The number of carbonyl (C=O) groups excluding carboxylic acids is 1. The number of rotatable bonds is 5. The molecule has 2 N–H and O–H groups in total. The fourth-order valence-corrected chi connectivity index (χ4v) is 4.07. The fraction of sp³-hybridized carbons (Fsp3) is 0.167. The van der Waals surface area contributed by atoms with Gasteiger partial charge in [0.2, 0.25) is 0 Å². The standard InChI is InChI=1S/C18H18N4O4S/c1-13(20-26-2)18(21-24)16(27(25)15-11-7-4-8-12-15)19-22(17(18)23)14-9-5-3-6-10-14/h3-12,21,24H,1-2H3. The van der Waals surface area contributed by atoms with Crippen molar-refractivity contribution in [1.29, 1.82) is 0 Å². The molecule has 1 aliphatic rings. The fourth-order valence-electron chi connectivity index (χ4n) is 2.73. The van der Waals surface area contributed by atoms with Crippen LogP contribution in [0.5, 0.6) is 0 Å². The van der Waals surface area contributed by atoms with E-state index in [1.165, 1.54) is 14.0 Å². The molecule has 0 saturated carbocycles. The highest BCUT2D eigenvalue weighted by Gasteiger charge is 2.61. The summed E-state index contributed by atoms with van der Waals surface area (Å²) in [5, 5.41) is 19.0. The maximum Gasteiger partial charge on any atom is 0.287 e. The average molecular weight is 386 g/mol. The second-order valence-corrected chi connectivity index (χ2v) is 7.06. The number of para-hydroxylation sites is 1. The quantitative estimate of drug-likeness (QED) is 0.463. The van der Waals surface area contributed by atoms with Gasteiger partial charge in [-0.15, -0.1) is 5.10 Å². The van der Waals surface area contributed by atoms with Crippen molar-refractivity contribution < 1.29 is 19.4 Å². The van der Waals surface area contributed by atoms with Crippen LogP contribution in [-0.2, 0) is 20.8 Å². The molecule has 0 aliphatic carbocycles. The summed E-state index contributed by atoms with van der Waals surface area (Å²) in [6.07, 6.45) is 0. The molecule has 8 nitrogen and oxygen atoms in total. The van der Waals surface area contributed by atoms with E-state index in [1.807, 2.05) is 5.48 Å². The van der Waals surface area contributed by atoms with E-state index in [0.717, 1.165) is 5.01 Å². The largest absolute Gasteiger partial charge is 0.605 e. The smallest absolute Gasteiger partial charge is 0.287 e. The van der Waals surface area contributed by atoms with Gasteiger partial charge in [0, 0.05) is 11.2 Å². The number of anilines is 1. The van der Waals surface area contributed by atoms with E-state index in [9.17, 15) is 14.6 Å². The lowest BCUT2D eigenvalue weighted by Crippen LogP contribution is -2.63. The Labute approximate surface area is 159 Å². The number of nitrogens with one attached hydrogen (secondary N) is 1. The van der Waals surface area contributed by atoms with E-state index in [4.69, 9.17) is 4.84 Å². The number of oxime groups is 1. The lowest BCUT2D eigenvalue weighted by molar-refractivity contribution is -0.122. The number of benzene rings is 2. The first-order valence-electron chi connectivity index (χ1n) is 8.01. The van der Waals surface area contributed by atoms with Crippen molar-refractivity contribution in [2.45, 2.75) is 17.4 Å². The van der Waals surface area contributed by atoms with Crippen LogP contribution in [0.15, 0.2) is 75.8 Å². The lowest BCUT2D eigenvalue weighted by Gasteiger charge is -2.26. The van der Waals surface area contributed by atoms with Gasteiger partial charge in [-0.3, -0.25) is 4.79 Å². The van der Waals surface area contributed by atoms with Crippen molar-refractivity contribution in [1.82, 2.24) is 5.48 Å². The molecule has 140 valence electrons. The van der Waals surface area contributed by atoms with Gasteiger partial charge in [0.1, 0.15) is 7.11 Å². The minimum Gasteiger partial charge on any atom is -0.605 e. The third kappa shape index (κ3) is 3.21. The molecule has 0 bridgehead atoms. The second kappa shape index (κ2) is 7.89. The summed E-state index contributed by atoms with van der Waals surface area (Å²) in [6, 6.07) is 17.2. The molecule has 0 aromatic heterocycles. The van der Waals surface area contributed by atoms with Gasteiger partial charge in [0.15, 0.2) is 4.90 Å². The molecule has 3 rings (SSSR count). The Bertz CT molecular complexity index is 875. The van der Waals surface area contributed by atoms with Gasteiger partial charge in [0.05, 0.1) is 11.4 Å². The molecule has 2 aromatic carbocycles. The SMILES string of the molecule is CON=C(C)C1(NO)C(=O)N(c2ccccc2)N=C1[S+]([O-])c1ccccc1. The second-order valence-electron chi connectivity index (χ2n) is 5.66. The minimum atomic E-state index is -1.91. The normalized spacial score (nSPS) is 21.2. The Balaban J connectivity index is 2.17. The van der Waals surface area contributed by atoms with Crippen LogP contribution in [0.1, 0.15) is 6.92 Å². The summed E-state index contributed by atoms with van der Waals surface area (Å²) in [5.74, 6) is -0.645. The third-order valence-corrected chi connectivity index (χ3v) is 5.54. The highest BCUT2D eigenvalue weighted by atomic mass is 32.2. The monoisotopic (exact) mass is 386 g/mol. The molecule has 9 heteroatoms. The van der Waals surface area contributed by atoms with Crippen LogP contribution >= 0.6 is 0 Å². The number of nitrogens with zero attached hydrogens (tertiary/aromatic N) is 3. The Morgan fingerprint density at radius 3 is 2.37 bits per heavy atom. The van der Waals surface area contributed by atoms with E-state index in [0.29, 0.717) is 10.6 Å². The summed E-state index contributed by atoms with van der Waals surface area (Å²) in [6.45, 7) is 1.48. The van der Waals surface area contributed by atoms with Crippen molar-refractivity contribution in [3.05, 3.63) is 60.7 Å². The molecule has 1 heterocycles. The van der Waals surface area contributed by atoms with Crippen LogP contribution in [0, 0.1) is 0 Å². The molecule has 2 atom stereocenters. The van der Waals surface area contributed by atoms with Gasteiger partial charge < -0.3 is 14.6 Å². The van der Waals surface area contributed by atoms with E-state index < -0.39 is 22.6 Å². The number of carbonyl (C=O) groups is 1. The first-order chi connectivity index (χ1) is 13.1. The van der Waals surface area contributed by atoms with Crippen LogP contribution in [0.25, 0.3) is 0 Å². The average Bonchev–Trinajstić information content (AvgIpc) is 3.02. The first kappa shape index (κ1) is 19.1. The van der Waals surface area contributed by atoms with Gasteiger partial charge in [-0.2, -0.15) is 10.5 Å². The highest BCUT2D eigenvalue weighted by Crippen LogP contribution is 2.32. The van der Waals surface area contributed by atoms with E-state index in [-0.39, 0.29) is 10.8 Å². The van der Waals surface area contributed by atoms with Crippen LogP contribution < -0.4 is 10.5 Å². The number of hydrazone groups is 1. The molecular formula is C18H18N4O4S. The van der Waals surface area contributed by atoms with E-state index in [1.54, 1.807) is 60.7 Å². The van der Waals surface area contributed by atoms with E-state index >= 15 is 0 Å². The maximum absolute atomic E-state index is 13.2. The summed E-state index contributed by atoms with van der Waals surface area (Å²) < 4.78 is 13.2. The molecule has 1 amide bonds. The van der Waals surface area contributed by atoms with E-state index in [2.05, 4.69) is 10.3 Å². The lowest BCUT2D eigenvalue weighted by atomic mass is 9.96. The summed E-state index contributed by atoms with van der Waals surface area (Å²) in [7, 11) is 1.31. The molecule has 0 spiro atoms. The van der Waals surface area contributed by atoms with Crippen LogP contribution in [0.3, 0.4) is 0 Å². The third-order valence-electron chi connectivity index (χ3n) is 4.10. The van der Waals surface area contributed by atoms with Crippen LogP contribution in [0.2, 0.25) is 0 Å². The summed E-state index contributed by atoms with van der Waals surface area (Å²) in [4.78, 5) is 18.5. The van der Waals surface area contributed by atoms with Crippen LogP contribution in [-0.4, -0.2) is 39.1 Å². The predicted molar refractivity (Wildman–Crippen MR) is 102 cm³/mol. The van der Waals surface area contributed by atoms with Crippen molar-refractivity contribution in [3.63, 3.8) is 0 Å². The Kier molecular flexibility index (Phi) is 5.57. The van der Waals surface area contributed by atoms with Gasteiger partial charge in [-0.05, 0) is 31.2 Å². The molecule has 2 unspecified atom stereocenters. The first-order valence-corrected chi connectivity index (χ1v) is 9.16. The molecule has 1 aliphatic heterocycles. The number of hydrogen-bond donors (Lipinski definition) is 2. The van der Waals surface area contributed by atoms with Gasteiger partial charge >= 0.3 is 0 Å². The van der Waals surface area contributed by atoms with Gasteiger partial charge in [-0.25, -0.2) is 0 Å². The van der Waals surface area contributed by atoms with Crippen molar-refractivity contribution >= 4 is 33.5 Å². The Hall–Kier alpha value is -2.72. The van der Waals surface area contributed by atoms with Crippen LogP contribution in [0.4, 0.5) is 5.69 Å². The number of hydrogen-bond acceptors (Lipinski definition) is 7. The molecular weight excluding hydrogens is 368 g/mol. The summed E-state index contributed by atoms with van der Waals surface area (Å²) in [5.41, 5.74) is 0.610.